The van der Waals surface area contributed by atoms with Crippen LogP contribution in [-0.4, -0.2) is 14.4 Å². The molecule has 0 saturated carbocycles. The predicted molar refractivity (Wildman–Crippen MR) is 106 cm³/mol. The summed E-state index contributed by atoms with van der Waals surface area (Å²) in [7, 11) is 0. The molecule has 128 valence electrons. The van der Waals surface area contributed by atoms with E-state index < -0.39 is 0 Å². The van der Waals surface area contributed by atoms with Gasteiger partial charge >= 0.3 is 0 Å². The Kier molecular flexibility index (Phi) is 5.08. The smallest absolute Gasteiger partial charge is 0.187 e. The highest BCUT2D eigenvalue weighted by Crippen LogP contribution is 2.30. The van der Waals surface area contributed by atoms with Gasteiger partial charge in [-0.25, -0.2) is 14.4 Å². The molecule has 0 bridgehead atoms. The molecule has 0 spiro atoms. The molecular weight excluding hydrogens is 427 g/mol. The molecule has 0 unspecified atom stereocenters. The van der Waals surface area contributed by atoms with Crippen molar-refractivity contribution in [2.45, 2.75) is 6.92 Å². The van der Waals surface area contributed by atoms with Gasteiger partial charge in [0.25, 0.3) is 0 Å². The molecule has 25 heavy (non-hydrogen) atoms. The van der Waals surface area contributed by atoms with E-state index in [-0.39, 0.29) is 22.8 Å². The number of nitrogens with one attached hydrogen (secondary N) is 1. The monoisotopic (exact) mass is 438 g/mol. The van der Waals surface area contributed by atoms with Crippen molar-refractivity contribution in [1.29, 1.82) is 0 Å². The Balaban J connectivity index is 0.00000182. The normalized spacial score (nSPS) is 10.7. The summed E-state index contributed by atoms with van der Waals surface area (Å²) in [6, 6.07) is 10.5. The van der Waals surface area contributed by atoms with E-state index in [4.69, 9.17) is 11.6 Å². The van der Waals surface area contributed by atoms with E-state index in [0.717, 1.165) is 27.9 Å². The first-order valence-corrected chi connectivity index (χ1v) is 8.48. The second-order valence-corrected chi connectivity index (χ2v) is 6.59. The Labute approximate surface area is 163 Å². The van der Waals surface area contributed by atoms with Crippen molar-refractivity contribution in [3.63, 3.8) is 0 Å². The molecule has 0 aliphatic carbocycles. The summed E-state index contributed by atoms with van der Waals surface area (Å²) < 4.78 is 15.3. The number of hydrogen-bond acceptors (Lipinski definition) is 4. The van der Waals surface area contributed by atoms with E-state index in [1.807, 2.05) is 36.6 Å². The van der Waals surface area contributed by atoms with E-state index in [0.29, 0.717) is 10.7 Å². The topological polar surface area (TPSA) is 42.2 Å². The van der Waals surface area contributed by atoms with Crippen molar-refractivity contribution >= 4 is 56.4 Å². The Morgan fingerprint density at radius 1 is 1.12 bits per heavy atom. The summed E-state index contributed by atoms with van der Waals surface area (Å²) in [6.07, 6.45) is 1.43. The zero-order chi connectivity index (χ0) is 16.7. The minimum absolute atomic E-state index is 0. The number of aromatic nitrogens is 3. The second-order valence-electron chi connectivity index (χ2n) is 5.29. The van der Waals surface area contributed by atoms with E-state index in [1.165, 1.54) is 23.6 Å². The van der Waals surface area contributed by atoms with Gasteiger partial charge in [0.1, 0.15) is 17.2 Å². The summed E-state index contributed by atoms with van der Waals surface area (Å²) in [5.74, 6) is -0.309. The van der Waals surface area contributed by atoms with Crippen LogP contribution in [0, 0.1) is 12.7 Å². The highest BCUT2D eigenvalue weighted by atomic mass is 79.9. The van der Waals surface area contributed by atoms with Gasteiger partial charge in [-0.1, -0.05) is 11.6 Å². The van der Waals surface area contributed by atoms with Gasteiger partial charge in [0.05, 0.1) is 11.4 Å². The molecule has 8 heteroatoms. The average Bonchev–Trinajstić information content (AvgIpc) is 3.12. The molecule has 4 aromatic rings. The third kappa shape index (κ3) is 3.53. The zero-order valence-corrected chi connectivity index (χ0v) is 16.3. The van der Waals surface area contributed by atoms with Gasteiger partial charge in [0, 0.05) is 22.3 Å². The fourth-order valence-corrected chi connectivity index (χ4v) is 3.38. The number of halogens is 3. The fourth-order valence-electron chi connectivity index (χ4n) is 2.54. The van der Waals surface area contributed by atoms with Gasteiger partial charge in [0.2, 0.25) is 0 Å². The number of pyridine rings is 1. The van der Waals surface area contributed by atoms with E-state index >= 15 is 0 Å². The van der Waals surface area contributed by atoms with Crippen molar-refractivity contribution in [3.8, 4) is 11.4 Å². The maximum Gasteiger partial charge on any atom is 0.187 e. The minimum Gasteiger partial charge on any atom is -0.332 e. The van der Waals surface area contributed by atoms with Crippen LogP contribution in [0.25, 0.3) is 17.0 Å². The first kappa shape index (κ1) is 17.8. The van der Waals surface area contributed by atoms with Gasteiger partial charge in [0.15, 0.2) is 5.13 Å². The number of nitrogens with zero attached hydrogens (tertiary/aromatic N) is 3. The van der Waals surface area contributed by atoms with Crippen molar-refractivity contribution in [1.82, 2.24) is 14.4 Å². The van der Waals surface area contributed by atoms with Crippen LogP contribution in [-0.2, 0) is 0 Å². The summed E-state index contributed by atoms with van der Waals surface area (Å²) in [4.78, 5) is 9.06. The quantitative estimate of drug-likeness (QED) is 0.433. The van der Waals surface area contributed by atoms with E-state index in [9.17, 15) is 4.39 Å². The Morgan fingerprint density at radius 3 is 2.64 bits per heavy atom. The molecule has 4 rings (SSSR count). The Bertz CT molecular complexity index is 1030. The molecule has 0 fully saturated rings. The molecule has 3 heterocycles. The van der Waals surface area contributed by atoms with Crippen LogP contribution in [0.15, 0.2) is 48.0 Å². The van der Waals surface area contributed by atoms with Gasteiger partial charge in [-0.15, -0.1) is 28.3 Å². The fraction of sp³-hybridized carbons (Fsp3) is 0.0588. The van der Waals surface area contributed by atoms with Gasteiger partial charge < -0.3 is 5.32 Å². The van der Waals surface area contributed by atoms with Crippen molar-refractivity contribution in [2.24, 2.45) is 0 Å². The Morgan fingerprint density at radius 2 is 1.88 bits per heavy atom. The highest BCUT2D eigenvalue weighted by molar-refractivity contribution is 8.93. The predicted octanol–water partition coefficient (Wildman–Crippen LogP) is 5.88. The van der Waals surface area contributed by atoms with Crippen LogP contribution in [0.3, 0.4) is 0 Å². The molecule has 0 atom stereocenters. The van der Waals surface area contributed by atoms with Crippen molar-refractivity contribution in [2.75, 3.05) is 5.32 Å². The van der Waals surface area contributed by atoms with Crippen LogP contribution >= 0.6 is 39.9 Å². The van der Waals surface area contributed by atoms with Crippen LogP contribution in [0.5, 0.6) is 0 Å². The first-order valence-electron chi connectivity index (χ1n) is 7.23. The summed E-state index contributed by atoms with van der Waals surface area (Å²) in [6.45, 7) is 1.89. The van der Waals surface area contributed by atoms with Crippen molar-refractivity contribution < 1.29 is 4.39 Å². The molecule has 0 aliphatic rings. The Hall–Kier alpha value is -1.96. The van der Waals surface area contributed by atoms with Gasteiger partial charge in [-0.3, -0.25) is 4.40 Å². The molecule has 0 saturated heterocycles. The molecule has 4 nitrogen and oxygen atoms in total. The van der Waals surface area contributed by atoms with Crippen LogP contribution in [0.4, 0.5) is 15.2 Å². The molecule has 0 radical (unpaired) electrons. The number of benzene rings is 1. The summed E-state index contributed by atoms with van der Waals surface area (Å²) in [5, 5.41) is 6.60. The molecule has 1 N–H and O–H groups in total. The molecule has 3 aromatic heterocycles. The number of hydrogen-bond donors (Lipinski definition) is 1. The largest absolute Gasteiger partial charge is 0.332 e. The molecule has 0 aliphatic heterocycles. The van der Waals surface area contributed by atoms with Crippen LogP contribution in [0.1, 0.15) is 5.69 Å². The van der Waals surface area contributed by atoms with Gasteiger partial charge in [-0.2, -0.15) is 0 Å². The summed E-state index contributed by atoms with van der Waals surface area (Å²) >= 11 is 7.37. The third-order valence-electron chi connectivity index (χ3n) is 3.60. The van der Waals surface area contributed by atoms with Crippen LogP contribution in [0.2, 0.25) is 5.02 Å². The number of rotatable bonds is 3. The lowest BCUT2D eigenvalue weighted by atomic mass is 10.3. The van der Waals surface area contributed by atoms with Gasteiger partial charge in [-0.05, 0) is 43.3 Å². The lowest BCUT2D eigenvalue weighted by Gasteiger charge is -2.02. The zero-order valence-electron chi connectivity index (χ0n) is 13.0. The number of aryl methyl sites for hydroxylation is 1. The lowest BCUT2D eigenvalue weighted by Crippen LogP contribution is -1.92. The average molecular weight is 440 g/mol. The highest BCUT2D eigenvalue weighted by Gasteiger charge is 2.14. The maximum absolute atomic E-state index is 13.6. The second kappa shape index (κ2) is 7.11. The van der Waals surface area contributed by atoms with Crippen molar-refractivity contribution in [3.05, 3.63) is 64.5 Å². The SMILES string of the molecule is Br.Cc1nc2ccc(F)cn2c1-c1csc(Nc2ccc(Cl)cc2)n1. The lowest BCUT2D eigenvalue weighted by molar-refractivity contribution is 0.619. The minimum atomic E-state index is -0.309. The standard InChI is InChI=1S/C17H12ClFN4S.BrH/c1-10-16(23-8-12(19)4-7-15(23)20-10)14-9-24-17(22-14)21-13-5-2-11(18)3-6-13;/h2-9H,1H3,(H,21,22);1H. The number of imidazole rings is 1. The maximum atomic E-state index is 13.6. The number of fused-ring (bicyclic) bond motifs is 1. The first-order chi connectivity index (χ1) is 11.6. The third-order valence-corrected chi connectivity index (χ3v) is 4.61. The molecule has 0 amide bonds. The molecular formula is C17H13BrClFN4S. The van der Waals surface area contributed by atoms with Crippen LogP contribution < -0.4 is 5.32 Å². The number of thiazole rings is 1. The molecule has 1 aromatic carbocycles. The number of anilines is 2. The van der Waals surface area contributed by atoms with E-state index in [2.05, 4.69) is 15.3 Å². The summed E-state index contributed by atoms with van der Waals surface area (Å²) in [5.41, 5.74) is 3.96. The van der Waals surface area contributed by atoms with E-state index in [1.54, 1.807) is 10.5 Å².